The molecule has 0 radical (unpaired) electrons. The summed E-state index contributed by atoms with van der Waals surface area (Å²) < 4.78 is 5.57. The maximum absolute atomic E-state index is 11.8. The molecule has 0 rings (SSSR count). The van der Waals surface area contributed by atoms with Gasteiger partial charge in [0, 0.05) is 38.8 Å². The lowest BCUT2D eigenvalue weighted by atomic mass is 10.1. The van der Waals surface area contributed by atoms with Crippen LogP contribution in [0.4, 0.5) is 0 Å². The highest BCUT2D eigenvalue weighted by atomic mass is 16.5. The number of hydrogen-bond acceptors (Lipinski definition) is 3. The largest absolute Gasteiger partial charge is 0.467 e. The maximum atomic E-state index is 11.8. The van der Waals surface area contributed by atoms with Crippen LogP contribution in [0, 0.1) is 0 Å². The number of carbonyl (C=O) groups is 2. The van der Waals surface area contributed by atoms with E-state index in [0.29, 0.717) is 50.3 Å². The van der Waals surface area contributed by atoms with E-state index in [9.17, 15) is 9.59 Å². The minimum absolute atomic E-state index is 0.0885. The Bertz CT molecular complexity index is 433. The van der Waals surface area contributed by atoms with Crippen LogP contribution in [-0.4, -0.2) is 24.9 Å². The number of ether oxygens (including phenoxy) is 1. The fraction of sp³-hybridized carbons (Fsp3) is 0.750. The van der Waals surface area contributed by atoms with Crippen molar-refractivity contribution in [3.05, 3.63) is 24.7 Å². The van der Waals surface area contributed by atoms with Crippen molar-refractivity contribution in [3.8, 4) is 0 Å². The summed E-state index contributed by atoms with van der Waals surface area (Å²) in [5, 5.41) is 5.80. The highest BCUT2D eigenvalue weighted by molar-refractivity contribution is 5.76. The zero-order chi connectivity index (χ0) is 21.7. The van der Waals surface area contributed by atoms with Gasteiger partial charge in [0.15, 0.2) is 0 Å². The van der Waals surface area contributed by atoms with Gasteiger partial charge in [0.2, 0.25) is 11.8 Å². The first-order valence-electron chi connectivity index (χ1n) is 11.6. The fourth-order valence-corrected chi connectivity index (χ4v) is 2.94. The van der Waals surface area contributed by atoms with Crippen molar-refractivity contribution in [1.29, 1.82) is 0 Å². The van der Waals surface area contributed by atoms with Crippen molar-refractivity contribution < 1.29 is 14.3 Å². The van der Waals surface area contributed by atoms with Gasteiger partial charge >= 0.3 is 0 Å². The molecule has 0 aromatic heterocycles. The number of unbranched alkanes of at least 4 members (excludes halogenated alkanes) is 8. The van der Waals surface area contributed by atoms with Crippen LogP contribution >= 0.6 is 0 Å². The van der Waals surface area contributed by atoms with E-state index in [1.807, 2.05) is 0 Å². The topological polar surface area (TPSA) is 67.4 Å². The summed E-state index contributed by atoms with van der Waals surface area (Å²) in [5.41, 5.74) is 0. The van der Waals surface area contributed by atoms with Gasteiger partial charge in [-0.1, -0.05) is 78.4 Å². The van der Waals surface area contributed by atoms with E-state index in [-0.39, 0.29) is 11.8 Å². The van der Waals surface area contributed by atoms with Crippen molar-refractivity contribution in [2.45, 2.75) is 104 Å². The predicted octanol–water partition coefficient (Wildman–Crippen LogP) is 5.76. The standard InChI is InChI=1S/C24H44N2O3/c1-5-7-9-11-13-15-23(27)25-19-17-21(3)29-22(4)18-20-26-24(28)16-14-12-10-8-6-2/h3-20H2,1-2H3,(H,25,27)(H,26,28). The number of amides is 2. The van der Waals surface area contributed by atoms with Gasteiger partial charge in [-0.05, 0) is 12.8 Å². The van der Waals surface area contributed by atoms with Crippen LogP contribution < -0.4 is 10.6 Å². The molecule has 0 fully saturated rings. The fourth-order valence-electron chi connectivity index (χ4n) is 2.94. The Hall–Kier alpha value is -1.78. The molecule has 0 aromatic rings. The van der Waals surface area contributed by atoms with Crippen LogP contribution in [0.15, 0.2) is 24.7 Å². The summed E-state index contributed by atoms with van der Waals surface area (Å²) in [6, 6.07) is 0. The minimum atomic E-state index is 0.0885. The molecule has 0 aromatic carbocycles. The summed E-state index contributed by atoms with van der Waals surface area (Å²) in [4.78, 5) is 23.5. The van der Waals surface area contributed by atoms with Gasteiger partial charge in [0.25, 0.3) is 0 Å². The van der Waals surface area contributed by atoms with Crippen LogP contribution in [0.25, 0.3) is 0 Å². The molecule has 29 heavy (non-hydrogen) atoms. The Morgan fingerprint density at radius 2 is 1.00 bits per heavy atom. The SMILES string of the molecule is C=C(CCNC(=O)CCCCCCC)OC(=C)CCNC(=O)CCCCCCC. The Labute approximate surface area is 178 Å². The zero-order valence-electron chi connectivity index (χ0n) is 19.0. The van der Waals surface area contributed by atoms with Gasteiger partial charge in [-0.3, -0.25) is 9.59 Å². The maximum Gasteiger partial charge on any atom is 0.220 e. The van der Waals surface area contributed by atoms with E-state index < -0.39 is 0 Å². The average molecular weight is 409 g/mol. The second kappa shape index (κ2) is 19.5. The molecule has 5 nitrogen and oxygen atoms in total. The third kappa shape index (κ3) is 19.3. The Balaban J connectivity index is 3.63. The van der Waals surface area contributed by atoms with Crippen LogP contribution in [0.2, 0.25) is 0 Å². The second-order valence-corrected chi connectivity index (χ2v) is 7.71. The molecule has 0 aliphatic heterocycles. The van der Waals surface area contributed by atoms with E-state index >= 15 is 0 Å². The molecule has 0 saturated carbocycles. The van der Waals surface area contributed by atoms with E-state index in [2.05, 4.69) is 37.6 Å². The highest BCUT2D eigenvalue weighted by Crippen LogP contribution is 2.10. The van der Waals surface area contributed by atoms with Crippen molar-refractivity contribution >= 4 is 11.8 Å². The lowest BCUT2D eigenvalue weighted by molar-refractivity contribution is -0.122. The monoisotopic (exact) mass is 408 g/mol. The van der Waals surface area contributed by atoms with Crippen molar-refractivity contribution in [2.24, 2.45) is 0 Å². The molecular weight excluding hydrogens is 364 g/mol. The number of nitrogens with one attached hydrogen (secondary N) is 2. The van der Waals surface area contributed by atoms with E-state index in [1.54, 1.807) is 0 Å². The molecule has 0 saturated heterocycles. The lowest BCUT2D eigenvalue weighted by Crippen LogP contribution is -2.25. The number of carbonyl (C=O) groups excluding carboxylic acids is 2. The van der Waals surface area contributed by atoms with Gasteiger partial charge in [0.1, 0.15) is 0 Å². The molecule has 2 amide bonds. The molecule has 0 aliphatic rings. The molecule has 0 atom stereocenters. The molecule has 0 unspecified atom stereocenters. The van der Waals surface area contributed by atoms with Crippen LogP contribution in [0.5, 0.6) is 0 Å². The predicted molar refractivity (Wildman–Crippen MR) is 121 cm³/mol. The van der Waals surface area contributed by atoms with Crippen LogP contribution in [-0.2, 0) is 14.3 Å². The van der Waals surface area contributed by atoms with Crippen molar-refractivity contribution in [3.63, 3.8) is 0 Å². The first kappa shape index (κ1) is 27.2. The molecule has 5 heteroatoms. The smallest absolute Gasteiger partial charge is 0.220 e. The van der Waals surface area contributed by atoms with Gasteiger partial charge in [-0.25, -0.2) is 0 Å². The summed E-state index contributed by atoms with van der Waals surface area (Å²) in [6.45, 7) is 13.2. The quantitative estimate of drug-likeness (QED) is 0.199. The van der Waals surface area contributed by atoms with Crippen molar-refractivity contribution in [1.82, 2.24) is 10.6 Å². The molecule has 0 bridgehead atoms. The average Bonchev–Trinajstić information content (AvgIpc) is 2.67. The summed E-state index contributed by atoms with van der Waals surface area (Å²) in [7, 11) is 0. The van der Waals surface area contributed by atoms with E-state index in [1.165, 1.54) is 38.5 Å². The normalized spacial score (nSPS) is 10.4. The van der Waals surface area contributed by atoms with Gasteiger partial charge in [0.05, 0.1) is 11.5 Å². The van der Waals surface area contributed by atoms with Crippen LogP contribution in [0.3, 0.4) is 0 Å². The van der Waals surface area contributed by atoms with E-state index in [4.69, 9.17) is 4.74 Å². The van der Waals surface area contributed by atoms with Crippen molar-refractivity contribution in [2.75, 3.05) is 13.1 Å². The molecule has 0 aliphatic carbocycles. The molecular formula is C24H44N2O3. The second-order valence-electron chi connectivity index (χ2n) is 7.71. The Kier molecular flexibility index (Phi) is 18.3. The van der Waals surface area contributed by atoms with Gasteiger partial charge in [-0.15, -0.1) is 0 Å². The Morgan fingerprint density at radius 1 is 0.621 bits per heavy atom. The van der Waals surface area contributed by atoms with Crippen LogP contribution in [0.1, 0.15) is 104 Å². The highest BCUT2D eigenvalue weighted by Gasteiger charge is 2.05. The first-order valence-corrected chi connectivity index (χ1v) is 11.6. The summed E-state index contributed by atoms with van der Waals surface area (Å²) in [5.74, 6) is 1.34. The third-order valence-electron chi connectivity index (χ3n) is 4.76. The molecule has 0 spiro atoms. The van der Waals surface area contributed by atoms with E-state index in [0.717, 1.165) is 25.7 Å². The number of hydrogen-bond donors (Lipinski definition) is 2. The first-order chi connectivity index (χ1) is 14.0. The van der Waals surface area contributed by atoms with Gasteiger partial charge in [-0.2, -0.15) is 0 Å². The van der Waals surface area contributed by atoms with Gasteiger partial charge < -0.3 is 15.4 Å². The third-order valence-corrected chi connectivity index (χ3v) is 4.76. The summed E-state index contributed by atoms with van der Waals surface area (Å²) in [6.07, 6.45) is 13.7. The number of rotatable bonds is 20. The Morgan fingerprint density at radius 3 is 1.38 bits per heavy atom. The molecule has 0 heterocycles. The summed E-state index contributed by atoms with van der Waals surface area (Å²) >= 11 is 0. The minimum Gasteiger partial charge on any atom is -0.467 e. The zero-order valence-corrected chi connectivity index (χ0v) is 19.0. The molecule has 2 N–H and O–H groups in total. The molecule has 168 valence electrons. The lowest BCUT2D eigenvalue weighted by Gasteiger charge is -2.12.